The standard InChI is InChI=1S/C19H17ClFNO5/c1-11(18(23)22-14-5-2-4-13(21)10-14)27-19(24)12-8-15(20)17-16(9-12)25-6-3-7-26-17/h2,4-5,8-11H,3,6-7H2,1H3,(H,22,23). The third-order valence-electron chi connectivity index (χ3n) is 3.78. The van der Waals surface area contributed by atoms with Crippen molar-refractivity contribution in [3.05, 3.63) is 52.8 Å². The van der Waals surface area contributed by atoms with E-state index < -0.39 is 23.8 Å². The van der Waals surface area contributed by atoms with E-state index in [0.29, 0.717) is 31.1 Å². The maximum Gasteiger partial charge on any atom is 0.339 e. The van der Waals surface area contributed by atoms with Crippen LogP contribution in [0.15, 0.2) is 36.4 Å². The highest BCUT2D eigenvalue weighted by Crippen LogP contribution is 2.38. The molecule has 0 saturated carbocycles. The van der Waals surface area contributed by atoms with E-state index in [1.807, 2.05) is 0 Å². The SMILES string of the molecule is CC(OC(=O)c1cc(Cl)c2c(c1)OCCCO2)C(=O)Nc1cccc(F)c1. The number of fused-ring (bicyclic) bond motifs is 1. The van der Waals surface area contributed by atoms with Crippen molar-refractivity contribution in [2.24, 2.45) is 0 Å². The molecule has 1 amide bonds. The number of carbonyl (C=O) groups excluding carboxylic acids is 2. The van der Waals surface area contributed by atoms with Crippen molar-refractivity contribution in [1.29, 1.82) is 0 Å². The molecule has 6 nitrogen and oxygen atoms in total. The summed E-state index contributed by atoms with van der Waals surface area (Å²) in [5.41, 5.74) is 0.399. The van der Waals surface area contributed by atoms with Gasteiger partial charge < -0.3 is 19.5 Å². The number of nitrogens with one attached hydrogen (secondary N) is 1. The van der Waals surface area contributed by atoms with E-state index in [-0.39, 0.29) is 16.3 Å². The quantitative estimate of drug-likeness (QED) is 0.799. The van der Waals surface area contributed by atoms with Gasteiger partial charge in [-0.1, -0.05) is 17.7 Å². The summed E-state index contributed by atoms with van der Waals surface area (Å²) in [5, 5.41) is 2.70. The van der Waals surface area contributed by atoms with Crippen LogP contribution in [0.2, 0.25) is 5.02 Å². The van der Waals surface area contributed by atoms with Crippen LogP contribution >= 0.6 is 11.6 Å². The molecule has 1 unspecified atom stereocenters. The third kappa shape index (κ3) is 4.68. The Balaban J connectivity index is 1.68. The second-order valence-corrected chi connectivity index (χ2v) is 6.29. The molecule has 3 rings (SSSR count). The van der Waals surface area contributed by atoms with Crippen molar-refractivity contribution >= 4 is 29.2 Å². The molecule has 0 aromatic heterocycles. The number of ether oxygens (including phenoxy) is 3. The summed E-state index contributed by atoms with van der Waals surface area (Å²) in [6, 6.07) is 8.27. The number of benzene rings is 2. The van der Waals surface area contributed by atoms with E-state index in [4.69, 9.17) is 25.8 Å². The fourth-order valence-electron chi connectivity index (χ4n) is 2.44. The summed E-state index contributed by atoms with van der Waals surface area (Å²) in [6.07, 6.45) is -0.405. The Hall–Kier alpha value is -2.80. The first-order valence-electron chi connectivity index (χ1n) is 8.30. The Morgan fingerprint density at radius 2 is 2.00 bits per heavy atom. The largest absolute Gasteiger partial charge is 0.489 e. The zero-order chi connectivity index (χ0) is 19.4. The van der Waals surface area contributed by atoms with E-state index in [1.54, 1.807) is 0 Å². The first kappa shape index (κ1) is 19.0. The Kier molecular flexibility index (Phi) is 5.81. The van der Waals surface area contributed by atoms with Gasteiger partial charge in [-0.2, -0.15) is 0 Å². The zero-order valence-electron chi connectivity index (χ0n) is 14.5. The first-order chi connectivity index (χ1) is 12.9. The highest BCUT2D eigenvalue weighted by atomic mass is 35.5. The molecule has 0 bridgehead atoms. The van der Waals surface area contributed by atoms with Crippen LogP contribution in [0, 0.1) is 5.82 Å². The predicted octanol–water partition coefficient (Wildman–Crippen LogP) is 3.82. The van der Waals surface area contributed by atoms with Crippen molar-refractivity contribution in [2.45, 2.75) is 19.4 Å². The van der Waals surface area contributed by atoms with Gasteiger partial charge in [0.05, 0.1) is 23.8 Å². The molecule has 2 aromatic carbocycles. The average Bonchev–Trinajstić information content (AvgIpc) is 2.87. The molecule has 1 atom stereocenters. The molecular weight excluding hydrogens is 377 g/mol. The van der Waals surface area contributed by atoms with E-state index in [9.17, 15) is 14.0 Å². The van der Waals surface area contributed by atoms with Gasteiger partial charge in [0.1, 0.15) is 5.82 Å². The lowest BCUT2D eigenvalue weighted by Gasteiger charge is -2.15. The summed E-state index contributed by atoms with van der Waals surface area (Å²) in [6.45, 7) is 2.32. The topological polar surface area (TPSA) is 73.9 Å². The van der Waals surface area contributed by atoms with Gasteiger partial charge in [-0.05, 0) is 37.3 Å². The predicted molar refractivity (Wildman–Crippen MR) is 97.0 cm³/mol. The number of esters is 1. The summed E-state index contributed by atoms with van der Waals surface area (Å²) < 4.78 is 29.4. The molecule has 1 aliphatic heterocycles. The average molecular weight is 394 g/mol. The molecule has 1 aliphatic rings. The molecule has 0 fully saturated rings. The highest BCUT2D eigenvalue weighted by Gasteiger charge is 2.23. The van der Waals surface area contributed by atoms with Crippen LogP contribution in [0.4, 0.5) is 10.1 Å². The smallest absolute Gasteiger partial charge is 0.339 e. The lowest BCUT2D eigenvalue weighted by molar-refractivity contribution is -0.123. The number of rotatable bonds is 4. The number of carbonyl (C=O) groups is 2. The minimum atomic E-state index is -1.10. The van der Waals surface area contributed by atoms with Gasteiger partial charge in [-0.25, -0.2) is 9.18 Å². The number of halogens is 2. The van der Waals surface area contributed by atoms with Crippen molar-refractivity contribution in [3.8, 4) is 11.5 Å². The minimum Gasteiger partial charge on any atom is -0.489 e. The van der Waals surface area contributed by atoms with Gasteiger partial charge in [-0.3, -0.25) is 4.79 Å². The van der Waals surface area contributed by atoms with E-state index in [0.717, 1.165) is 6.07 Å². The van der Waals surface area contributed by atoms with E-state index in [1.165, 1.54) is 37.3 Å². The lowest BCUT2D eigenvalue weighted by Crippen LogP contribution is -2.30. The monoisotopic (exact) mass is 393 g/mol. The number of hydrogen-bond donors (Lipinski definition) is 1. The van der Waals surface area contributed by atoms with Gasteiger partial charge in [0.15, 0.2) is 17.6 Å². The molecule has 0 radical (unpaired) electrons. The molecular formula is C19H17ClFNO5. The van der Waals surface area contributed by atoms with Gasteiger partial charge >= 0.3 is 5.97 Å². The van der Waals surface area contributed by atoms with Gasteiger partial charge in [-0.15, -0.1) is 0 Å². The van der Waals surface area contributed by atoms with Crippen LogP contribution in [0.1, 0.15) is 23.7 Å². The molecule has 1 heterocycles. The molecule has 142 valence electrons. The van der Waals surface area contributed by atoms with Crippen LogP contribution in [0.5, 0.6) is 11.5 Å². The number of anilines is 1. The highest BCUT2D eigenvalue weighted by molar-refractivity contribution is 6.32. The summed E-state index contributed by atoms with van der Waals surface area (Å²) in [4.78, 5) is 24.5. The normalized spacial score (nSPS) is 14.0. The van der Waals surface area contributed by atoms with E-state index >= 15 is 0 Å². The third-order valence-corrected chi connectivity index (χ3v) is 4.06. The Morgan fingerprint density at radius 1 is 1.22 bits per heavy atom. The Bertz CT molecular complexity index is 873. The molecule has 27 heavy (non-hydrogen) atoms. The maximum absolute atomic E-state index is 13.2. The van der Waals surface area contributed by atoms with Crippen LogP contribution in [-0.2, 0) is 9.53 Å². The van der Waals surface area contributed by atoms with Crippen LogP contribution < -0.4 is 14.8 Å². The zero-order valence-corrected chi connectivity index (χ0v) is 15.2. The molecule has 0 aliphatic carbocycles. The Labute approximate surface area is 160 Å². The van der Waals surface area contributed by atoms with Gasteiger partial charge in [0.25, 0.3) is 5.91 Å². The maximum atomic E-state index is 13.2. The summed E-state index contributed by atoms with van der Waals surface area (Å²) in [7, 11) is 0. The first-order valence-corrected chi connectivity index (χ1v) is 8.68. The number of hydrogen-bond acceptors (Lipinski definition) is 5. The molecule has 2 aromatic rings. The van der Waals surface area contributed by atoms with Crippen LogP contribution in [0.25, 0.3) is 0 Å². The van der Waals surface area contributed by atoms with Crippen molar-refractivity contribution in [1.82, 2.24) is 0 Å². The van der Waals surface area contributed by atoms with Gasteiger partial charge in [0, 0.05) is 12.1 Å². The van der Waals surface area contributed by atoms with E-state index in [2.05, 4.69) is 5.32 Å². The molecule has 0 spiro atoms. The summed E-state index contributed by atoms with van der Waals surface area (Å²) >= 11 is 6.16. The van der Waals surface area contributed by atoms with Gasteiger partial charge in [0.2, 0.25) is 0 Å². The fourth-order valence-corrected chi connectivity index (χ4v) is 2.71. The fraction of sp³-hybridized carbons (Fsp3) is 0.263. The Morgan fingerprint density at radius 3 is 2.78 bits per heavy atom. The van der Waals surface area contributed by atoms with Crippen molar-refractivity contribution in [2.75, 3.05) is 18.5 Å². The van der Waals surface area contributed by atoms with Crippen LogP contribution in [-0.4, -0.2) is 31.2 Å². The van der Waals surface area contributed by atoms with Crippen molar-refractivity contribution < 1.29 is 28.2 Å². The molecule has 0 saturated heterocycles. The minimum absolute atomic E-state index is 0.134. The molecule has 1 N–H and O–H groups in total. The second kappa shape index (κ2) is 8.26. The lowest BCUT2D eigenvalue weighted by atomic mass is 10.2. The van der Waals surface area contributed by atoms with Crippen molar-refractivity contribution in [3.63, 3.8) is 0 Å². The second-order valence-electron chi connectivity index (χ2n) is 5.88. The molecule has 8 heteroatoms. The van der Waals surface area contributed by atoms with Crippen LogP contribution in [0.3, 0.4) is 0 Å². The summed E-state index contributed by atoms with van der Waals surface area (Å²) in [5.74, 6) is -1.09. The number of amides is 1.